The number of hydrogen-bond donors (Lipinski definition) is 1. The summed E-state index contributed by atoms with van der Waals surface area (Å²) in [5.74, 6) is 0.519. The van der Waals surface area contributed by atoms with Gasteiger partial charge in [-0.25, -0.2) is 0 Å². The van der Waals surface area contributed by atoms with Crippen LogP contribution in [0.5, 0.6) is 5.75 Å². The molecule has 0 unspecified atom stereocenters. The van der Waals surface area contributed by atoms with Gasteiger partial charge in [-0.15, -0.1) is 0 Å². The fourth-order valence-corrected chi connectivity index (χ4v) is 1.67. The number of hydrogen-bond acceptors (Lipinski definition) is 3. The number of ether oxygens (including phenoxy) is 1. The molecule has 1 aromatic heterocycles. The lowest BCUT2D eigenvalue weighted by Gasteiger charge is -2.07. The summed E-state index contributed by atoms with van der Waals surface area (Å²) in [5, 5.41) is 3.37. The number of amides is 1. The maximum atomic E-state index is 11.7. The van der Waals surface area contributed by atoms with Crippen LogP contribution in [-0.4, -0.2) is 24.0 Å². The first-order chi connectivity index (χ1) is 9.25. The molecule has 0 spiro atoms. The van der Waals surface area contributed by atoms with Gasteiger partial charge < -0.3 is 10.1 Å². The van der Waals surface area contributed by atoms with E-state index in [2.05, 4.69) is 10.3 Å². The van der Waals surface area contributed by atoms with E-state index in [-0.39, 0.29) is 5.91 Å². The molecular weight excluding hydrogens is 264 g/mol. The maximum Gasteiger partial charge on any atom is 0.252 e. The molecular formula is C14H13ClN2O2. The molecule has 0 aliphatic carbocycles. The molecule has 0 aliphatic heterocycles. The van der Waals surface area contributed by atoms with Crippen LogP contribution in [0.25, 0.3) is 0 Å². The van der Waals surface area contributed by atoms with Crippen LogP contribution in [-0.2, 0) is 0 Å². The molecule has 1 amide bonds. The van der Waals surface area contributed by atoms with E-state index < -0.39 is 0 Å². The van der Waals surface area contributed by atoms with Gasteiger partial charge in [0.05, 0.1) is 12.1 Å². The third-order valence-corrected chi connectivity index (χ3v) is 2.61. The first kappa shape index (κ1) is 13.4. The number of rotatable bonds is 5. The molecule has 1 heterocycles. The summed E-state index contributed by atoms with van der Waals surface area (Å²) >= 11 is 5.83. The Morgan fingerprint density at radius 1 is 1.32 bits per heavy atom. The van der Waals surface area contributed by atoms with Crippen LogP contribution in [0.15, 0.2) is 48.8 Å². The van der Waals surface area contributed by atoms with Crippen molar-refractivity contribution in [2.75, 3.05) is 13.2 Å². The highest BCUT2D eigenvalue weighted by Crippen LogP contribution is 2.16. The Balaban J connectivity index is 1.74. The van der Waals surface area contributed by atoms with Gasteiger partial charge in [0, 0.05) is 17.4 Å². The molecule has 98 valence electrons. The number of nitrogens with zero attached hydrogens (tertiary/aromatic N) is 1. The van der Waals surface area contributed by atoms with E-state index in [1.165, 1.54) is 6.20 Å². The second-order valence-electron chi connectivity index (χ2n) is 3.80. The van der Waals surface area contributed by atoms with E-state index in [1.807, 2.05) is 12.1 Å². The average molecular weight is 277 g/mol. The molecule has 4 nitrogen and oxygen atoms in total. The van der Waals surface area contributed by atoms with E-state index in [1.54, 1.807) is 30.5 Å². The minimum absolute atomic E-state index is 0.164. The summed E-state index contributed by atoms with van der Waals surface area (Å²) in [4.78, 5) is 15.6. The van der Waals surface area contributed by atoms with E-state index in [4.69, 9.17) is 16.3 Å². The number of carbonyl (C=O) groups is 1. The molecule has 0 saturated heterocycles. The van der Waals surface area contributed by atoms with Crippen molar-refractivity contribution in [3.8, 4) is 5.75 Å². The van der Waals surface area contributed by atoms with Crippen molar-refractivity contribution in [2.24, 2.45) is 0 Å². The van der Waals surface area contributed by atoms with Crippen LogP contribution in [0.3, 0.4) is 0 Å². The fraction of sp³-hybridized carbons (Fsp3) is 0.143. The Hall–Kier alpha value is -2.07. The molecule has 19 heavy (non-hydrogen) atoms. The Kier molecular flexibility index (Phi) is 4.75. The molecule has 0 atom stereocenters. The summed E-state index contributed by atoms with van der Waals surface area (Å²) in [7, 11) is 0. The van der Waals surface area contributed by atoms with Crippen LogP contribution >= 0.6 is 11.6 Å². The molecule has 1 N–H and O–H groups in total. The number of halogens is 1. The predicted octanol–water partition coefficient (Wildman–Crippen LogP) is 2.54. The molecule has 0 fully saturated rings. The number of benzene rings is 1. The van der Waals surface area contributed by atoms with Crippen molar-refractivity contribution in [3.05, 3.63) is 59.4 Å². The highest BCUT2D eigenvalue weighted by molar-refractivity contribution is 6.30. The molecule has 0 radical (unpaired) electrons. The lowest BCUT2D eigenvalue weighted by atomic mass is 10.3. The van der Waals surface area contributed by atoms with Crippen LogP contribution < -0.4 is 10.1 Å². The highest BCUT2D eigenvalue weighted by atomic mass is 35.5. The summed E-state index contributed by atoms with van der Waals surface area (Å²) in [5.41, 5.74) is 0.533. The zero-order valence-electron chi connectivity index (χ0n) is 10.2. The second-order valence-corrected chi connectivity index (χ2v) is 4.24. The van der Waals surface area contributed by atoms with Crippen LogP contribution in [0, 0.1) is 0 Å². The Bertz CT molecular complexity index is 546. The van der Waals surface area contributed by atoms with Gasteiger partial charge in [-0.2, -0.15) is 0 Å². The number of carbonyl (C=O) groups excluding carboxylic acids is 1. The second kappa shape index (κ2) is 6.75. The molecule has 0 aliphatic rings. The zero-order valence-corrected chi connectivity index (χ0v) is 10.9. The van der Waals surface area contributed by atoms with Crippen LogP contribution in [0.4, 0.5) is 0 Å². The summed E-state index contributed by atoms with van der Waals surface area (Å²) in [6.07, 6.45) is 3.15. The highest BCUT2D eigenvalue weighted by Gasteiger charge is 2.03. The minimum Gasteiger partial charge on any atom is -0.492 e. The van der Waals surface area contributed by atoms with Gasteiger partial charge in [0.25, 0.3) is 5.91 Å². The van der Waals surface area contributed by atoms with Crippen molar-refractivity contribution in [1.29, 1.82) is 0 Å². The first-order valence-corrected chi connectivity index (χ1v) is 6.20. The van der Waals surface area contributed by atoms with E-state index in [0.717, 1.165) is 0 Å². The van der Waals surface area contributed by atoms with Gasteiger partial charge in [0.2, 0.25) is 0 Å². The number of pyridine rings is 1. The van der Waals surface area contributed by atoms with E-state index in [0.29, 0.717) is 29.5 Å². The SMILES string of the molecule is O=C(NCCOc1cccc(Cl)c1)c1cccnc1. The van der Waals surface area contributed by atoms with Crippen molar-refractivity contribution in [3.63, 3.8) is 0 Å². The minimum atomic E-state index is -0.164. The number of nitrogens with one attached hydrogen (secondary N) is 1. The molecule has 0 saturated carbocycles. The monoisotopic (exact) mass is 276 g/mol. The van der Waals surface area contributed by atoms with Crippen LogP contribution in [0.2, 0.25) is 5.02 Å². The summed E-state index contributed by atoms with van der Waals surface area (Å²) in [6, 6.07) is 10.6. The van der Waals surface area contributed by atoms with Gasteiger partial charge in [0.15, 0.2) is 0 Å². The predicted molar refractivity (Wildman–Crippen MR) is 73.5 cm³/mol. The standard InChI is InChI=1S/C14H13ClN2O2/c15-12-4-1-5-13(9-12)19-8-7-17-14(18)11-3-2-6-16-10-11/h1-6,9-10H,7-8H2,(H,17,18). The maximum absolute atomic E-state index is 11.7. The van der Waals surface area contributed by atoms with Gasteiger partial charge >= 0.3 is 0 Å². The molecule has 1 aromatic carbocycles. The van der Waals surface area contributed by atoms with Crippen molar-refractivity contribution in [2.45, 2.75) is 0 Å². The third-order valence-electron chi connectivity index (χ3n) is 2.38. The normalized spacial score (nSPS) is 9.95. The molecule has 0 bridgehead atoms. The summed E-state index contributed by atoms with van der Waals surface area (Å²) in [6.45, 7) is 0.798. The Morgan fingerprint density at radius 2 is 2.21 bits per heavy atom. The van der Waals surface area contributed by atoms with Crippen LogP contribution in [0.1, 0.15) is 10.4 Å². The quantitative estimate of drug-likeness (QED) is 0.854. The van der Waals surface area contributed by atoms with E-state index >= 15 is 0 Å². The Labute approximate surface area is 116 Å². The summed E-state index contributed by atoms with van der Waals surface area (Å²) < 4.78 is 5.46. The van der Waals surface area contributed by atoms with E-state index in [9.17, 15) is 4.79 Å². The average Bonchev–Trinajstić information content (AvgIpc) is 2.44. The fourth-order valence-electron chi connectivity index (χ4n) is 1.49. The number of aromatic nitrogens is 1. The van der Waals surface area contributed by atoms with Gasteiger partial charge in [0.1, 0.15) is 12.4 Å². The van der Waals surface area contributed by atoms with Gasteiger partial charge in [-0.05, 0) is 30.3 Å². The van der Waals surface area contributed by atoms with Crippen molar-refractivity contribution in [1.82, 2.24) is 10.3 Å². The Morgan fingerprint density at radius 3 is 2.95 bits per heavy atom. The molecule has 2 rings (SSSR count). The lowest BCUT2D eigenvalue weighted by Crippen LogP contribution is -2.28. The lowest BCUT2D eigenvalue weighted by molar-refractivity contribution is 0.0946. The van der Waals surface area contributed by atoms with Gasteiger partial charge in [-0.1, -0.05) is 17.7 Å². The largest absolute Gasteiger partial charge is 0.492 e. The van der Waals surface area contributed by atoms with Crippen molar-refractivity contribution < 1.29 is 9.53 Å². The van der Waals surface area contributed by atoms with Crippen molar-refractivity contribution >= 4 is 17.5 Å². The first-order valence-electron chi connectivity index (χ1n) is 5.82. The third kappa shape index (κ3) is 4.26. The van der Waals surface area contributed by atoms with Gasteiger partial charge in [-0.3, -0.25) is 9.78 Å². The molecule has 2 aromatic rings. The smallest absolute Gasteiger partial charge is 0.252 e. The topological polar surface area (TPSA) is 51.2 Å². The molecule has 5 heteroatoms. The zero-order chi connectivity index (χ0) is 13.5.